The van der Waals surface area contributed by atoms with E-state index in [9.17, 15) is 0 Å². The third-order valence-electron chi connectivity index (χ3n) is 4.43. The molecular formula is C16H25N6O2+. The zero-order chi connectivity index (χ0) is 16.8. The van der Waals surface area contributed by atoms with Crippen molar-refractivity contribution in [1.82, 2.24) is 20.2 Å². The number of hydrogen-bond acceptors (Lipinski definition) is 6. The third-order valence-corrected chi connectivity index (χ3v) is 4.43. The van der Waals surface area contributed by atoms with Crippen molar-refractivity contribution in [2.45, 2.75) is 13.1 Å². The Bertz CT molecular complexity index is 622. The smallest absolute Gasteiger partial charge is 0.206 e. The highest BCUT2D eigenvalue weighted by molar-refractivity contribution is 5.49. The van der Waals surface area contributed by atoms with E-state index < -0.39 is 0 Å². The fourth-order valence-electron chi connectivity index (χ4n) is 2.98. The van der Waals surface area contributed by atoms with Gasteiger partial charge in [-0.05, 0) is 34.7 Å². The predicted molar refractivity (Wildman–Crippen MR) is 89.3 cm³/mol. The number of nitrogens with zero attached hydrogens (tertiary/aromatic N) is 5. The molecule has 1 aromatic heterocycles. The molecule has 24 heavy (non-hydrogen) atoms. The van der Waals surface area contributed by atoms with Crippen molar-refractivity contribution in [3.63, 3.8) is 0 Å². The zero-order valence-electron chi connectivity index (χ0n) is 14.3. The first-order chi connectivity index (χ1) is 11.8. The van der Waals surface area contributed by atoms with Gasteiger partial charge in [0, 0.05) is 12.8 Å². The molecule has 1 fully saturated rings. The van der Waals surface area contributed by atoms with Crippen LogP contribution in [0.2, 0.25) is 0 Å². The number of piperazine rings is 1. The van der Waals surface area contributed by atoms with E-state index in [1.807, 2.05) is 16.8 Å². The zero-order valence-corrected chi connectivity index (χ0v) is 14.3. The van der Waals surface area contributed by atoms with E-state index in [2.05, 4.69) is 32.6 Å². The van der Waals surface area contributed by atoms with Gasteiger partial charge in [-0.3, -0.25) is 0 Å². The van der Waals surface area contributed by atoms with Crippen molar-refractivity contribution < 1.29 is 14.4 Å². The molecule has 0 spiro atoms. The molecule has 0 aliphatic carbocycles. The molecule has 1 aliphatic rings. The molecule has 1 aliphatic heterocycles. The van der Waals surface area contributed by atoms with Crippen LogP contribution in [0.5, 0.6) is 5.75 Å². The molecule has 0 unspecified atom stereocenters. The van der Waals surface area contributed by atoms with Crippen LogP contribution in [0.25, 0.3) is 0 Å². The number of ether oxygens (including phenoxy) is 2. The number of hydrogen-bond donors (Lipinski definition) is 1. The maximum Gasteiger partial charge on any atom is 0.206 e. The maximum absolute atomic E-state index is 5.22. The second kappa shape index (κ2) is 8.07. The first-order valence-corrected chi connectivity index (χ1v) is 8.26. The molecule has 1 saturated heterocycles. The van der Waals surface area contributed by atoms with E-state index >= 15 is 0 Å². The lowest BCUT2D eigenvalue weighted by Crippen LogP contribution is -3.13. The number of anilines is 1. The molecule has 2 aromatic rings. The average molecular weight is 333 g/mol. The fraction of sp³-hybridized carbons (Fsp3) is 0.562. The molecule has 0 saturated carbocycles. The van der Waals surface area contributed by atoms with Crippen LogP contribution in [-0.4, -0.2) is 67.2 Å². The average Bonchev–Trinajstić information content (AvgIpc) is 3.07. The number of tetrazole rings is 1. The van der Waals surface area contributed by atoms with Gasteiger partial charge in [-0.1, -0.05) is 0 Å². The van der Waals surface area contributed by atoms with Gasteiger partial charge in [0.15, 0.2) is 0 Å². The summed E-state index contributed by atoms with van der Waals surface area (Å²) < 4.78 is 12.2. The van der Waals surface area contributed by atoms with Gasteiger partial charge in [0.1, 0.15) is 12.3 Å². The highest BCUT2D eigenvalue weighted by atomic mass is 16.5. The van der Waals surface area contributed by atoms with E-state index in [1.54, 1.807) is 14.2 Å². The standard InChI is InChI=1S/C16H24N6O2/c1-23-12-11-22-16(17-18-19-22)13-20-7-9-21(10-8-20)14-3-5-15(24-2)6-4-14/h3-6H,7-13H2,1-2H3/p+1. The Kier molecular flexibility index (Phi) is 5.60. The topological polar surface area (TPSA) is 69.7 Å². The highest BCUT2D eigenvalue weighted by Gasteiger charge is 2.22. The van der Waals surface area contributed by atoms with Crippen LogP contribution in [0.1, 0.15) is 5.82 Å². The monoisotopic (exact) mass is 333 g/mol. The molecule has 8 heteroatoms. The van der Waals surface area contributed by atoms with Crippen molar-refractivity contribution in [3.8, 4) is 5.75 Å². The van der Waals surface area contributed by atoms with Crippen molar-refractivity contribution >= 4 is 5.69 Å². The minimum atomic E-state index is 0.624. The van der Waals surface area contributed by atoms with Crippen LogP contribution >= 0.6 is 0 Å². The van der Waals surface area contributed by atoms with E-state index in [4.69, 9.17) is 9.47 Å². The molecular weight excluding hydrogens is 308 g/mol. The largest absolute Gasteiger partial charge is 0.497 e. The van der Waals surface area contributed by atoms with Gasteiger partial charge in [0.05, 0.1) is 46.4 Å². The van der Waals surface area contributed by atoms with Crippen LogP contribution in [-0.2, 0) is 17.8 Å². The summed E-state index contributed by atoms with van der Waals surface area (Å²) in [6, 6.07) is 8.27. The lowest BCUT2D eigenvalue weighted by molar-refractivity contribution is -0.915. The number of nitrogens with one attached hydrogen (secondary N) is 1. The molecule has 3 rings (SSSR count). The first-order valence-electron chi connectivity index (χ1n) is 8.26. The summed E-state index contributed by atoms with van der Waals surface area (Å²) in [6.45, 7) is 6.38. The van der Waals surface area contributed by atoms with Crippen molar-refractivity contribution in [3.05, 3.63) is 30.1 Å². The van der Waals surface area contributed by atoms with Crippen molar-refractivity contribution in [1.29, 1.82) is 0 Å². The summed E-state index contributed by atoms with van der Waals surface area (Å²) >= 11 is 0. The van der Waals surface area contributed by atoms with E-state index in [-0.39, 0.29) is 0 Å². The normalized spacial score (nSPS) is 15.7. The molecule has 0 amide bonds. The van der Waals surface area contributed by atoms with Crippen LogP contribution < -0.4 is 14.5 Å². The van der Waals surface area contributed by atoms with Gasteiger partial charge >= 0.3 is 0 Å². The van der Waals surface area contributed by atoms with Gasteiger partial charge in [-0.2, -0.15) is 0 Å². The van der Waals surface area contributed by atoms with Crippen LogP contribution in [0.4, 0.5) is 5.69 Å². The molecule has 0 bridgehead atoms. The maximum atomic E-state index is 5.22. The summed E-state index contributed by atoms with van der Waals surface area (Å²) in [5.41, 5.74) is 1.25. The van der Waals surface area contributed by atoms with Crippen LogP contribution in [0, 0.1) is 0 Å². The molecule has 8 nitrogen and oxygen atoms in total. The van der Waals surface area contributed by atoms with Gasteiger partial charge in [-0.15, -0.1) is 5.10 Å². The Morgan fingerprint density at radius 2 is 1.88 bits per heavy atom. The molecule has 0 radical (unpaired) electrons. The van der Waals surface area contributed by atoms with Gasteiger partial charge in [0.25, 0.3) is 0 Å². The Morgan fingerprint density at radius 1 is 1.12 bits per heavy atom. The number of aromatic nitrogens is 4. The van der Waals surface area contributed by atoms with Crippen LogP contribution in [0.15, 0.2) is 24.3 Å². The Labute approximate surface area is 141 Å². The molecule has 2 heterocycles. The number of methoxy groups -OCH3 is 2. The molecule has 130 valence electrons. The number of quaternary nitrogens is 1. The lowest BCUT2D eigenvalue weighted by atomic mass is 10.2. The van der Waals surface area contributed by atoms with Gasteiger partial charge in [-0.25, -0.2) is 4.68 Å². The van der Waals surface area contributed by atoms with Gasteiger partial charge < -0.3 is 19.3 Å². The number of benzene rings is 1. The fourth-order valence-corrected chi connectivity index (χ4v) is 2.98. The van der Waals surface area contributed by atoms with E-state index in [0.29, 0.717) is 13.2 Å². The number of rotatable bonds is 7. The minimum Gasteiger partial charge on any atom is -0.497 e. The third kappa shape index (κ3) is 4.01. The summed E-state index contributed by atoms with van der Waals surface area (Å²) in [4.78, 5) is 3.92. The Balaban J connectivity index is 1.52. The van der Waals surface area contributed by atoms with Crippen molar-refractivity contribution in [2.75, 3.05) is 51.9 Å². The van der Waals surface area contributed by atoms with E-state index in [0.717, 1.165) is 44.3 Å². The lowest BCUT2D eigenvalue weighted by Gasteiger charge is -2.33. The second-order valence-electron chi connectivity index (χ2n) is 5.92. The SMILES string of the molecule is COCCn1nnnc1C[NH+]1CCN(c2ccc(OC)cc2)CC1. The highest BCUT2D eigenvalue weighted by Crippen LogP contribution is 2.18. The summed E-state index contributed by atoms with van der Waals surface area (Å²) in [5, 5.41) is 12.0. The summed E-state index contributed by atoms with van der Waals surface area (Å²) in [5.74, 6) is 1.82. The quantitative estimate of drug-likeness (QED) is 0.718. The van der Waals surface area contributed by atoms with E-state index in [1.165, 1.54) is 10.6 Å². The van der Waals surface area contributed by atoms with Gasteiger partial charge in [0.2, 0.25) is 5.82 Å². The summed E-state index contributed by atoms with van der Waals surface area (Å²) in [7, 11) is 3.38. The predicted octanol–water partition coefficient (Wildman–Crippen LogP) is -0.767. The molecule has 1 N–H and O–H groups in total. The second-order valence-corrected chi connectivity index (χ2v) is 5.92. The minimum absolute atomic E-state index is 0.624. The molecule has 1 aromatic carbocycles. The Morgan fingerprint density at radius 3 is 2.54 bits per heavy atom. The Hall–Kier alpha value is -2.19. The summed E-state index contributed by atoms with van der Waals surface area (Å²) in [6.07, 6.45) is 0. The van der Waals surface area contributed by atoms with Crippen molar-refractivity contribution in [2.24, 2.45) is 0 Å². The van der Waals surface area contributed by atoms with Crippen LogP contribution in [0.3, 0.4) is 0 Å². The first kappa shape index (κ1) is 16.7. The molecule has 0 atom stereocenters.